The lowest BCUT2D eigenvalue weighted by Gasteiger charge is -2.11. The number of aryl methyl sites for hydroxylation is 1. The lowest BCUT2D eigenvalue weighted by atomic mass is 10.0. The first-order chi connectivity index (χ1) is 7.49. The molecule has 1 rings (SSSR count). The maximum atomic E-state index is 10.4. The summed E-state index contributed by atoms with van der Waals surface area (Å²) in [4.78, 5) is 10.4. The van der Waals surface area contributed by atoms with Crippen molar-refractivity contribution in [1.82, 2.24) is 0 Å². The largest absolute Gasteiger partial charge is 0.493 e. The minimum atomic E-state index is -0.836. The van der Waals surface area contributed by atoms with E-state index in [1.807, 2.05) is 19.1 Å². The van der Waals surface area contributed by atoms with E-state index in [-0.39, 0.29) is 13.0 Å². The van der Waals surface area contributed by atoms with Crippen LogP contribution in [-0.2, 0) is 4.79 Å². The molecular formula is C13H18O3. The monoisotopic (exact) mass is 222 g/mol. The van der Waals surface area contributed by atoms with Crippen LogP contribution in [0.15, 0.2) is 18.2 Å². The Kier molecular flexibility index (Phi) is 4.35. The van der Waals surface area contributed by atoms with Gasteiger partial charge >= 0.3 is 5.97 Å². The molecule has 0 saturated carbocycles. The molecule has 0 radical (unpaired) electrons. The van der Waals surface area contributed by atoms with Gasteiger partial charge in [0.05, 0.1) is 13.0 Å². The number of carboxylic acid groups (broad SMARTS) is 1. The van der Waals surface area contributed by atoms with Crippen molar-refractivity contribution in [2.45, 2.75) is 33.1 Å². The van der Waals surface area contributed by atoms with Crippen LogP contribution in [0.1, 0.15) is 37.3 Å². The second kappa shape index (κ2) is 5.54. The van der Waals surface area contributed by atoms with Crippen LogP contribution in [0.4, 0.5) is 0 Å². The van der Waals surface area contributed by atoms with Crippen LogP contribution in [-0.4, -0.2) is 17.7 Å². The zero-order valence-corrected chi connectivity index (χ0v) is 9.99. The third-order valence-corrected chi connectivity index (χ3v) is 2.32. The lowest BCUT2D eigenvalue weighted by molar-refractivity contribution is -0.137. The van der Waals surface area contributed by atoms with Crippen molar-refractivity contribution in [3.63, 3.8) is 0 Å². The number of carboxylic acids is 1. The number of benzene rings is 1. The third-order valence-electron chi connectivity index (χ3n) is 2.32. The predicted molar refractivity (Wildman–Crippen MR) is 63.0 cm³/mol. The normalized spacial score (nSPS) is 10.5. The van der Waals surface area contributed by atoms with Gasteiger partial charge in [0.1, 0.15) is 5.75 Å². The SMILES string of the molecule is Cc1cc(OCCC(=O)O)cc(C(C)C)c1. The summed E-state index contributed by atoms with van der Waals surface area (Å²) in [6.45, 7) is 6.47. The molecule has 88 valence electrons. The van der Waals surface area contributed by atoms with Gasteiger partial charge in [-0.2, -0.15) is 0 Å². The van der Waals surface area contributed by atoms with Gasteiger partial charge in [-0.15, -0.1) is 0 Å². The highest BCUT2D eigenvalue weighted by Crippen LogP contribution is 2.22. The number of rotatable bonds is 5. The molecule has 0 atom stereocenters. The first kappa shape index (κ1) is 12.6. The molecule has 16 heavy (non-hydrogen) atoms. The number of ether oxygens (including phenoxy) is 1. The van der Waals surface area contributed by atoms with Gasteiger partial charge in [0.15, 0.2) is 0 Å². The number of aliphatic carboxylic acids is 1. The Bertz CT molecular complexity index is 369. The summed E-state index contributed by atoms with van der Waals surface area (Å²) in [6.07, 6.45) is 0.0327. The standard InChI is InChI=1S/C13H18O3/c1-9(2)11-6-10(3)7-12(8-11)16-5-4-13(14)15/h6-9H,4-5H2,1-3H3,(H,14,15). The highest BCUT2D eigenvalue weighted by molar-refractivity contribution is 5.66. The number of hydrogen-bond donors (Lipinski definition) is 1. The summed E-state index contributed by atoms with van der Waals surface area (Å²) in [6, 6.07) is 6.02. The molecule has 0 fully saturated rings. The lowest BCUT2D eigenvalue weighted by Crippen LogP contribution is -2.05. The summed E-state index contributed by atoms with van der Waals surface area (Å²) >= 11 is 0. The average Bonchev–Trinajstić information content (AvgIpc) is 2.16. The van der Waals surface area contributed by atoms with Crippen molar-refractivity contribution in [2.24, 2.45) is 0 Å². The summed E-state index contributed by atoms with van der Waals surface area (Å²) in [5, 5.41) is 8.51. The van der Waals surface area contributed by atoms with E-state index in [0.29, 0.717) is 5.92 Å². The Labute approximate surface area is 96.1 Å². The molecule has 0 bridgehead atoms. The maximum absolute atomic E-state index is 10.4. The molecule has 3 heteroatoms. The fourth-order valence-electron chi connectivity index (χ4n) is 1.45. The second-order valence-electron chi connectivity index (χ2n) is 4.23. The van der Waals surface area contributed by atoms with Crippen molar-refractivity contribution in [2.75, 3.05) is 6.61 Å². The zero-order valence-electron chi connectivity index (χ0n) is 9.99. The molecule has 1 aromatic rings. The molecule has 0 saturated heterocycles. The third kappa shape index (κ3) is 3.93. The van der Waals surface area contributed by atoms with E-state index >= 15 is 0 Å². The molecule has 0 heterocycles. The van der Waals surface area contributed by atoms with Crippen LogP contribution in [0.2, 0.25) is 0 Å². The van der Waals surface area contributed by atoms with E-state index in [4.69, 9.17) is 9.84 Å². The Morgan fingerprint density at radius 1 is 1.38 bits per heavy atom. The summed E-state index contributed by atoms with van der Waals surface area (Å²) in [5.74, 6) is 0.364. The maximum Gasteiger partial charge on any atom is 0.306 e. The zero-order chi connectivity index (χ0) is 12.1. The predicted octanol–water partition coefficient (Wildman–Crippen LogP) is 2.97. The van der Waals surface area contributed by atoms with Gasteiger partial charge in [-0.05, 0) is 36.1 Å². The molecule has 3 nitrogen and oxygen atoms in total. The van der Waals surface area contributed by atoms with E-state index in [1.54, 1.807) is 0 Å². The van der Waals surface area contributed by atoms with E-state index in [9.17, 15) is 4.79 Å². The highest BCUT2D eigenvalue weighted by atomic mass is 16.5. The van der Waals surface area contributed by atoms with Crippen LogP contribution in [0.25, 0.3) is 0 Å². The molecule has 0 spiro atoms. The fourth-order valence-corrected chi connectivity index (χ4v) is 1.45. The van der Waals surface area contributed by atoms with Gasteiger partial charge in [-0.1, -0.05) is 19.9 Å². The molecule has 0 aliphatic rings. The van der Waals surface area contributed by atoms with Gasteiger partial charge in [0.2, 0.25) is 0 Å². The fraction of sp³-hybridized carbons (Fsp3) is 0.462. The molecule has 0 aliphatic heterocycles. The Balaban J connectivity index is 2.69. The smallest absolute Gasteiger partial charge is 0.306 e. The first-order valence-electron chi connectivity index (χ1n) is 5.45. The molecule has 0 unspecified atom stereocenters. The number of hydrogen-bond acceptors (Lipinski definition) is 2. The molecule has 0 aromatic heterocycles. The van der Waals surface area contributed by atoms with Gasteiger partial charge in [-0.3, -0.25) is 4.79 Å². The van der Waals surface area contributed by atoms with Crippen LogP contribution >= 0.6 is 0 Å². The van der Waals surface area contributed by atoms with Gasteiger partial charge in [0, 0.05) is 0 Å². The van der Waals surface area contributed by atoms with Crippen LogP contribution in [0.5, 0.6) is 5.75 Å². The van der Waals surface area contributed by atoms with Crippen molar-refractivity contribution in [1.29, 1.82) is 0 Å². The van der Waals surface area contributed by atoms with E-state index < -0.39 is 5.97 Å². The Morgan fingerprint density at radius 3 is 2.62 bits per heavy atom. The van der Waals surface area contributed by atoms with E-state index in [1.165, 1.54) is 5.56 Å². The first-order valence-corrected chi connectivity index (χ1v) is 5.45. The Hall–Kier alpha value is -1.51. The number of carbonyl (C=O) groups is 1. The van der Waals surface area contributed by atoms with Crippen molar-refractivity contribution in [3.05, 3.63) is 29.3 Å². The molecule has 0 amide bonds. The minimum Gasteiger partial charge on any atom is -0.493 e. The highest BCUT2D eigenvalue weighted by Gasteiger charge is 2.04. The summed E-state index contributed by atoms with van der Waals surface area (Å²) in [5.41, 5.74) is 2.35. The molecule has 0 aliphatic carbocycles. The second-order valence-corrected chi connectivity index (χ2v) is 4.23. The van der Waals surface area contributed by atoms with Crippen molar-refractivity contribution >= 4 is 5.97 Å². The van der Waals surface area contributed by atoms with E-state index in [0.717, 1.165) is 11.3 Å². The van der Waals surface area contributed by atoms with Crippen LogP contribution in [0.3, 0.4) is 0 Å². The Morgan fingerprint density at radius 2 is 2.06 bits per heavy atom. The summed E-state index contributed by atoms with van der Waals surface area (Å²) < 4.78 is 5.41. The van der Waals surface area contributed by atoms with Crippen molar-refractivity contribution < 1.29 is 14.6 Å². The van der Waals surface area contributed by atoms with Crippen LogP contribution in [0, 0.1) is 6.92 Å². The molecule has 1 N–H and O–H groups in total. The van der Waals surface area contributed by atoms with Gasteiger partial charge in [-0.25, -0.2) is 0 Å². The topological polar surface area (TPSA) is 46.5 Å². The van der Waals surface area contributed by atoms with Crippen LogP contribution < -0.4 is 4.74 Å². The minimum absolute atomic E-state index is 0.0327. The van der Waals surface area contributed by atoms with Gasteiger partial charge in [0.25, 0.3) is 0 Å². The summed E-state index contributed by atoms with van der Waals surface area (Å²) in [7, 11) is 0. The van der Waals surface area contributed by atoms with Crippen molar-refractivity contribution in [3.8, 4) is 5.75 Å². The molecule has 1 aromatic carbocycles. The molecular weight excluding hydrogens is 204 g/mol. The van der Waals surface area contributed by atoms with Gasteiger partial charge < -0.3 is 9.84 Å². The van der Waals surface area contributed by atoms with E-state index in [2.05, 4.69) is 19.9 Å². The average molecular weight is 222 g/mol. The quantitative estimate of drug-likeness (QED) is 0.833.